The van der Waals surface area contributed by atoms with Gasteiger partial charge in [0, 0.05) is 36.8 Å². The largest absolute Gasteiger partial charge is 0.421 e. The molecule has 1 aliphatic heterocycles. The first-order chi connectivity index (χ1) is 13.4. The molecule has 0 bridgehead atoms. The van der Waals surface area contributed by atoms with E-state index in [4.69, 9.17) is 4.18 Å². The van der Waals surface area contributed by atoms with Crippen molar-refractivity contribution < 1.29 is 4.18 Å². The topological polar surface area (TPSA) is 22.2 Å². The van der Waals surface area contributed by atoms with Crippen LogP contribution < -0.4 is 9.08 Å². The number of nitrogens with zero attached hydrogens (tertiary/aromatic N) is 4. The summed E-state index contributed by atoms with van der Waals surface area (Å²) in [6.45, 7) is 6.38. The highest BCUT2D eigenvalue weighted by atomic mass is 32.2. The standard InChI is InChI=1S/C21H31N4OPS/c1-18-6-12-21(13-7-18)28-26-20-10-8-19(9-11-20)24-14-16-25(17-15-24)27(22(2)3)23(4)5/h6-13H,14-17H2,1-5H3. The first kappa shape index (κ1) is 21.4. The van der Waals surface area contributed by atoms with E-state index in [1.807, 2.05) is 0 Å². The maximum Gasteiger partial charge on any atom is 0.138 e. The second kappa shape index (κ2) is 9.95. The lowest BCUT2D eigenvalue weighted by Gasteiger charge is -2.44. The van der Waals surface area contributed by atoms with Gasteiger partial charge in [-0.2, -0.15) is 0 Å². The van der Waals surface area contributed by atoms with E-state index in [0.717, 1.165) is 36.8 Å². The minimum Gasteiger partial charge on any atom is -0.421 e. The number of piperazine rings is 1. The average Bonchev–Trinajstić information content (AvgIpc) is 2.68. The van der Waals surface area contributed by atoms with Crippen LogP contribution in [0.25, 0.3) is 0 Å². The summed E-state index contributed by atoms with van der Waals surface area (Å²) >= 11 is 1.41. The van der Waals surface area contributed by atoms with E-state index in [1.165, 1.54) is 23.3 Å². The van der Waals surface area contributed by atoms with Crippen molar-refractivity contribution in [1.82, 2.24) is 14.0 Å². The fraction of sp³-hybridized carbons (Fsp3) is 0.429. The van der Waals surface area contributed by atoms with Gasteiger partial charge in [0.2, 0.25) is 0 Å². The van der Waals surface area contributed by atoms with Crippen molar-refractivity contribution in [1.29, 1.82) is 0 Å². The second-order valence-electron chi connectivity index (χ2n) is 7.38. The van der Waals surface area contributed by atoms with Crippen molar-refractivity contribution in [3.05, 3.63) is 54.1 Å². The van der Waals surface area contributed by atoms with Gasteiger partial charge in [-0.15, -0.1) is 0 Å². The Morgan fingerprint density at radius 3 is 1.93 bits per heavy atom. The van der Waals surface area contributed by atoms with Gasteiger partial charge in [0.1, 0.15) is 14.1 Å². The van der Waals surface area contributed by atoms with Gasteiger partial charge in [0.15, 0.2) is 0 Å². The van der Waals surface area contributed by atoms with Crippen LogP contribution in [-0.2, 0) is 0 Å². The molecule has 152 valence electrons. The summed E-state index contributed by atoms with van der Waals surface area (Å²) in [6.07, 6.45) is 0. The van der Waals surface area contributed by atoms with Crippen LogP contribution in [0.1, 0.15) is 5.56 Å². The first-order valence-corrected chi connectivity index (χ1v) is 11.5. The van der Waals surface area contributed by atoms with E-state index in [-0.39, 0.29) is 8.37 Å². The van der Waals surface area contributed by atoms with Crippen molar-refractivity contribution in [3.8, 4) is 5.75 Å². The second-order valence-corrected chi connectivity index (χ2v) is 10.9. The van der Waals surface area contributed by atoms with Crippen LogP contribution in [0.3, 0.4) is 0 Å². The molecule has 3 rings (SSSR count). The average molecular weight is 419 g/mol. The highest BCUT2D eigenvalue weighted by Gasteiger charge is 2.27. The molecule has 1 fully saturated rings. The Kier molecular flexibility index (Phi) is 7.61. The van der Waals surface area contributed by atoms with Gasteiger partial charge in [-0.3, -0.25) is 14.0 Å². The molecule has 5 nitrogen and oxygen atoms in total. The number of hydrogen-bond donors (Lipinski definition) is 0. The third-order valence-corrected chi connectivity index (χ3v) is 7.76. The van der Waals surface area contributed by atoms with Gasteiger partial charge in [0.25, 0.3) is 0 Å². The summed E-state index contributed by atoms with van der Waals surface area (Å²) in [5, 5.41) is 0. The maximum absolute atomic E-state index is 5.86. The van der Waals surface area contributed by atoms with Gasteiger partial charge in [-0.25, -0.2) is 0 Å². The lowest BCUT2D eigenvalue weighted by atomic mass is 10.2. The zero-order valence-electron chi connectivity index (χ0n) is 17.5. The molecule has 2 aromatic carbocycles. The number of aryl methyl sites for hydroxylation is 1. The smallest absolute Gasteiger partial charge is 0.138 e. The third-order valence-electron chi connectivity index (χ3n) is 4.68. The first-order valence-electron chi connectivity index (χ1n) is 9.60. The lowest BCUT2D eigenvalue weighted by Crippen LogP contribution is -2.46. The molecule has 0 atom stereocenters. The monoisotopic (exact) mass is 418 g/mol. The van der Waals surface area contributed by atoms with E-state index in [2.05, 4.69) is 103 Å². The number of benzene rings is 2. The Bertz CT molecular complexity index is 723. The minimum absolute atomic E-state index is 0.369. The zero-order chi connectivity index (χ0) is 20.1. The van der Waals surface area contributed by atoms with Crippen molar-refractivity contribution in [2.24, 2.45) is 0 Å². The van der Waals surface area contributed by atoms with Gasteiger partial charge in [-0.1, -0.05) is 17.7 Å². The van der Waals surface area contributed by atoms with Gasteiger partial charge < -0.3 is 9.08 Å². The van der Waals surface area contributed by atoms with Crippen molar-refractivity contribution >= 4 is 26.1 Å². The van der Waals surface area contributed by atoms with Crippen LogP contribution in [0, 0.1) is 6.92 Å². The van der Waals surface area contributed by atoms with Gasteiger partial charge in [0.05, 0.1) is 12.0 Å². The predicted octanol–water partition coefficient (Wildman–Crippen LogP) is 4.55. The SMILES string of the molecule is Cc1ccc(SOc2ccc(N3CCN(P(N(C)C)N(C)C)CC3)cc2)cc1. The Labute approximate surface area is 175 Å². The lowest BCUT2D eigenvalue weighted by molar-refractivity contribution is 0.368. The fourth-order valence-corrected chi connectivity index (χ4v) is 6.21. The Balaban J connectivity index is 1.52. The summed E-state index contributed by atoms with van der Waals surface area (Å²) < 4.78 is 13.1. The van der Waals surface area contributed by atoms with Crippen LogP contribution in [0.4, 0.5) is 5.69 Å². The third kappa shape index (κ3) is 5.62. The molecule has 0 aliphatic carbocycles. The summed E-state index contributed by atoms with van der Waals surface area (Å²) in [7, 11) is 8.32. The molecule has 0 spiro atoms. The van der Waals surface area contributed by atoms with Crippen LogP contribution in [0.5, 0.6) is 5.75 Å². The highest BCUT2D eigenvalue weighted by molar-refractivity contribution is 7.95. The van der Waals surface area contributed by atoms with Crippen LogP contribution in [0.15, 0.2) is 53.4 Å². The zero-order valence-corrected chi connectivity index (χ0v) is 19.2. The quantitative estimate of drug-likeness (QED) is 0.483. The summed E-state index contributed by atoms with van der Waals surface area (Å²) in [5.74, 6) is 0.886. The van der Waals surface area contributed by atoms with E-state index < -0.39 is 0 Å². The molecular weight excluding hydrogens is 387 g/mol. The molecule has 0 radical (unpaired) electrons. The molecule has 1 saturated heterocycles. The Hall–Kier alpha value is -1.30. The molecule has 0 amide bonds. The van der Waals surface area contributed by atoms with E-state index in [9.17, 15) is 0 Å². The van der Waals surface area contributed by atoms with Crippen LogP contribution >= 0.6 is 20.4 Å². The molecule has 0 aromatic heterocycles. The number of anilines is 1. The minimum atomic E-state index is -0.369. The van der Waals surface area contributed by atoms with E-state index in [0.29, 0.717) is 0 Å². The summed E-state index contributed by atoms with van der Waals surface area (Å²) in [5.41, 5.74) is 2.53. The van der Waals surface area contributed by atoms with Gasteiger partial charge >= 0.3 is 0 Å². The maximum atomic E-state index is 5.86. The summed E-state index contributed by atoms with van der Waals surface area (Å²) in [6, 6.07) is 16.8. The molecule has 7 heteroatoms. The molecular formula is C21H31N4OPS. The van der Waals surface area contributed by atoms with Crippen LogP contribution in [-0.4, -0.2) is 68.4 Å². The van der Waals surface area contributed by atoms with Gasteiger partial charge in [-0.05, 0) is 71.5 Å². The van der Waals surface area contributed by atoms with Crippen molar-refractivity contribution in [3.63, 3.8) is 0 Å². The highest BCUT2D eigenvalue weighted by Crippen LogP contribution is 2.44. The van der Waals surface area contributed by atoms with E-state index in [1.54, 1.807) is 0 Å². The molecule has 0 N–H and O–H groups in total. The fourth-order valence-electron chi connectivity index (χ4n) is 3.40. The number of hydrogen-bond acceptors (Lipinski definition) is 6. The number of rotatable bonds is 7. The molecule has 1 aliphatic rings. The van der Waals surface area contributed by atoms with Crippen molar-refractivity contribution in [2.45, 2.75) is 11.8 Å². The molecule has 28 heavy (non-hydrogen) atoms. The summed E-state index contributed by atoms with van der Waals surface area (Å²) in [4.78, 5) is 3.58. The van der Waals surface area contributed by atoms with E-state index >= 15 is 0 Å². The molecule has 2 aromatic rings. The normalized spacial score (nSPS) is 15.6. The molecule has 1 heterocycles. The Morgan fingerprint density at radius 2 is 1.39 bits per heavy atom. The molecule has 0 saturated carbocycles. The van der Waals surface area contributed by atoms with Crippen LogP contribution in [0.2, 0.25) is 0 Å². The Morgan fingerprint density at radius 1 is 0.821 bits per heavy atom. The predicted molar refractivity (Wildman–Crippen MR) is 122 cm³/mol. The van der Waals surface area contributed by atoms with Crippen molar-refractivity contribution in [2.75, 3.05) is 59.3 Å². The molecule has 0 unspecified atom stereocenters.